The molecule has 180 valence electrons. The van der Waals surface area contributed by atoms with Gasteiger partial charge in [0.05, 0.1) is 11.1 Å². The van der Waals surface area contributed by atoms with Crippen LogP contribution in [0, 0.1) is 0 Å². The zero-order valence-corrected chi connectivity index (χ0v) is 20.1. The highest BCUT2D eigenvalue weighted by Gasteiger charge is 2.39. The number of thiophene rings is 1. The molecule has 0 unspecified atom stereocenters. The maximum atomic E-state index is 13.3. The summed E-state index contributed by atoms with van der Waals surface area (Å²) in [5, 5.41) is 5.30. The van der Waals surface area contributed by atoms with Gasteiger partial charge in [-0.15, -0.1) is 11.3 Å². The Morgan fingerprint density at radius 2 is 1.97 bits per heavy atom. The summed E-state index contributed by atoms with van der Waals surface area (Å²) in [6, 6.07) is 8.76. The monoisotopic (exact) mass is 503 g/mol. The molecule has 1 aromatic carbocycles. The zero-order valence-electron chi connectivity index (χ0n) is 18.4. The normalized spacial score (nSPS) is 18.0. The van der Waals surface area contributed by atoms with Crippen LogP contribution < -0.4 is 11.1 Å². The van der Waals surface area contributed by atoms with E-state index in [0.29, 0.717) is 4.88 Å². The number of rotatable bonds is 7. The molecule has 0 spiro atoms. The Kier molecular flexibility index (Phi) is 6.73. The molecule has 0 bridgehead atoms. The van der Waals surface area contributed by atoms with E-state index in [-0.39, 0.29) is 32.0 Å². The van der Waals surface area contributed by atoms with Crippen molar-refractivity contribution in [3.63, 3.8) is 0 Å². The lowest BCUT2D eigenvalue weighted by atomic mass is 10.0. The minimum Gasteiger partial charge on any atom is -0.368 e. The van der Waals surface area contributed by atoms with E-state index in [9.17, 15) is 22.8 Å². The number of primary amides is 1. The molecule has 0 saturated carbocycles. The van der Waals surface area contributed by atoms with Gasteiger partial charge < -0.3 is 20.9 Å². The van der Waals surface area contributed by atoms with Crippen molar-refractivity contribution in [3.8, 4) is 0 Å². The highest BCUT2D eigenvalue weighted by molar-refractivity contribution is 7.88. The van der Waals surface area contributed by atoms with Crippen molar-refractivity contribution < 1.29 is 22.8 Å². The Balaban J connectivity index is 1.57. The van der Waals surface area contributed by atoms with Crippen LogP contribution in [0.1, 0.15) is 15.2 Å². The van der Waals surface area contributed by atoms with E-state index in [1.165, 1.54) is 16.2 Å². The number of carbonyl (C=O) groups excluding carboxylic acids is 3. The van der Waals surface area contributed by atoms with Crippen molar-refractivity contribution in [3.05, 3.63) is 58.4 Å². The molecule has 4 rings (SSSR count). The number of hydrogen-bond acceptors (Lipinski definition) is 6. The zero-order chi connectivity index (χ0) is 24.5. The van der Waals surface area contributed by atoms with Crippen LogP contribution >= 0.6 is 11.3 Å². The van der Waals surface area contributed by atoms with Crippen LogP contribution in [-0.2, 0) is 26.0 Å². The highest BCUT2D eigenvalue weighted by atomic mass is 32.2. The summed E-state index contributed by atoms with van der Waals surface area (Å²) in [6.45, 7) is -0.0831. The number of benzene rings is 1. The van der Waals surface area contributed by atoms with Crippen LogP contribution in [0.3, 0.4) is 0 Å². The fourth-order valence-electron chi connectivity index (χ4n) is 4.08. The van der Waals surface area contributed by atoms with Crippen molar-refractivity contribution in [2.75, 3.05) is 25.9 Å². The van der Waals surface area contributed by atoms with Crippen LogP contribution in [0.25, 0.3) is 10.9 Å². The lowest BCUT2D eigenvalue weighted by molar-refractivity contribution is -0.131. The molecule has 0 radical (unpaired) electrons. The maximum absolute atomic E-state index is 13.3. The number of nitrogens with two attached hydrogens (primary N) is 1. The van der Waals surface area contributed by atoms with Crippen LogP contribution in [0.2, 0.25) is 0 Å². The third-order valence-electron chi connectivity index (χ3n) is 5.87. The van der Waals surface area contributed by atoms with Crippen molar-refractivity contribution in [1.29, 1.82) is 0 Å². The first kappa shape index (κ1) is 23.9. The van der Waals surface area contributed by atoms with E-state index < -0.39 is 33.9 Å². The first-order chi connectivity index (χ1) is 16.1. The molecule has 10 nitrogen and oxygen atoms in total. The van der Waals surface area contributed by atoms with Gasteiger partial charge in [0, 0.05) is 43.2 Å². The summed E-state index contributed by atoms with van der Waals surface area (Å²) in [6.07, 6.45) is 2.96. The number of nitrogens with zero attached hydrogens (tertiary/aromatic N) is 2. The molecule has 2 aromatic heterocycles. The van der Waals surface area contributed by atoms with Crippen molar-refractivity contribution in [1.82, 2.24) is 19.5 Å². The third-order valence-corrected chi connectivity index (χ3v) is 7.99. The third kappa shape index (κ3) is 4.98. The summed E-state index contributed by atoms with van der Waals surface area (Å²) >= 11 is 1.24. The molecule has 3 heterocycles. The van der Waals surface area contributed by atoms with E-state index >= 15 is 0 Å². The van der Waals surface area contributed by atoms with Crippen LogP contribution in [0.4, 0.5) is 0 Å². The quantitative estimate of drug-likeness (QED) is 0.431. The van der Waals surface area contributed by atoms with Gasteiger partial charge in [0.15, 0.2) is 0 Å². The fraction of sp³-hybridized carbons (Fsp3) is 0.318. The number of carbonyl (C=O) groups is 3. The molecular formula is C22H25N5O5S2. The van der Waals surface area contributed by atoms with Gasteiger partial charge in [0.25, 0.3) is 5.91 Å². The Morgan fingerprint density at radius 1 is 1.21 bits per heavy atom. The van der Waals surface area contributed by atoms with Gasteiger partial charge in [-0.05, 0) is 23.1 Å². The minimum absolute atomic E-state index is 0.0472. The standard InChI is InChI=1S/C22H25N5O5S2/c1-34(31,32)26-8-9-27(22(30)19-7-4-10-33-19)18(13-26)21(29)25-17(20(23)28)11-14-12-24-16-6-3-2-5-15(14)16/h2-7,10,12,17-18,24H,8-9,11,13H2,1H3,(H2,23,28)(H,25,29)/t17-,18-/m1/s1. The Bertz CT molecular complexity index is 1320. The average Bonchev–Trinajstić information content (AvgIpc) is 3.47. The molecule has 34 heavy (non-hydrogen) atoms. The predicted octanol–water partition coefficient (Wildman–Crippen LogP) is 0.528. The molecule has 3 amide bonds. The van der Waals surface area contributed by atoms with Crippen LogP contribution in [0.5, 0.6) is 0 Å². The van der Waals surface area contributed by atoms with Gasteiger partial charge in [-0.2, -0.15) is 4.31 Å². The summed E-state index contributed by atoms with van der Waals surface area (Å²) in [5.74, 6) is -1.73. The number of piperazine rings is 1. The molecule has 1 aliphatic rings. The second-order valence-corrected chi connectivity index (χ2v) is 11.1. The number of nitrogens with one attached hydrogen (secondary N) is 2. The first-order valence-electron chi connectivity index (χ1n) is 10.6. The van der Waals surface area contributed by atoms with Gasteiger partial charge in [-0.3, -0.25) is 14.4 Å². The molecule has 1 saturated heterocycles. The summed E-state index contributed by atoms with van der Waals surface area (Å²) in [7, 11) is -3.58. The van der Waals surface area contributed by atoms with Crippen LogP contribution in [0.15, 0.2) is 48.0 Å². The topological polar surface area (TPSA) is 146 Å². The lowest BCUT2D eigenvalue weighted by Gasteiger charge is -2.39. The van der Waals surface area contributed by atoms with Crippen molar-refractivity contribution >= 4 is 50.0 Å². The second-order valence-electron chi connectivity index (χ2n) is 8.14. The van der Waals surface area contributed by atoms with Gasteiger partial charge in [0.1, 0.15) is 12.1 Å². The van der Waals surface area contributed by atoms with E-state index in [4.69, 9.17) is 5.73 Å². The number of amides is 3. The summed E-state index contributed by atoms with van der Waals surface area (Å²) < 4.78 is 25.4. The first-order valence-corrected chi connectivity index (χ1v) is 13.3. The second kappa shape index (κ2) is 9.57. The van der Waals surface area contributed by atoms with E-state index in [1.54, 1.807) is 23.7 Å². The number of para-hydroxylation sites is 1. The Morgan fingerprint density at radius 3 is 2.65 bits per heavy atom. The minimum atomic E-state index is -3.58. The van der Waals surface area contributed by atoms with Crippen molar-refractivity contribution in [2.45, 2.75) is 18.5 Å². The number of hydrogen-bond donors (Lipinski definition) is 3. The highest BCUT2D eigenvalue weighted by Crippen LogP contribution is 2.21. The van der Waals surface area contributed by atoms with Gasteiger partial charge in [-0.1, -0.05) is 24.3 Å². The number of aromatic nitrogens is 1. The molecule has 4 N–H and O–H groups in total. The molecule has 12 heteroatoms. The number of fused-ring (bicyclic) bond motifs is 1. The Labute approximate surface area is 200 Å². The maximum Gasteiger partial charge on any atom is 0.264 e. The molecule has 3 aromatic rings. The largest absolute Gasteiger partial charge is 0.368 e. The van der Waals surface area contributed by atoms with E-state index in [2.05, 4.69) is 10.3 Å². The van der Waals surface area contributed by atoms with Crippen molar-refractivity contribution in [2.24, 2.45) is 5.73 Å². The van der Waals surface area contributed by atoms with Gasteiger partial charge in [0.2, 0.25) is 21.8 Å². The molecule has 2 atom stereocenters. The van der Waals surface area contributed by atoms with E-state index in [1.807, 2.05) is 24.3 Å². The average molecular weight is 504 g/mol. The Hall–Kier alpha value is -3.22. The molecule has 0 aliphatic carbocycles. The number of H-pyrrole nitrogens is 1. The predicted molar refractivity (Wildman–Crippen MR) is 129 cm³/mol. The molecule has 1 aliphatic heterocycles. The van der Waals surface area contributed by atoms with E-state index in [0.717, 1.165) is 27.0 Å². The lowest BCUT2D eigenvalue weighted by Crippen LogP contribution is -2.63. The summed E-state index contributed by atoms with van der Waals surface area (Å²) in [4.78, 5) is 43.5. The number of aromatic amines is 1. The molecule has 1 fully saturated rings. The smallest absolute Gasteiger partial charge is 0.264 e. The summed E-state index contributed by atoms with van der Waals surface area (Å²) in [5.41, 5.74) is 7.28. The van der Waals surface area contributed by atoms with Gasteiger partial charge in [-0.25, -0.2) is 8.42 Å². The number of sulfonamides is 1. The fourth-order valence-corrected chi connectivity index (χ4v) is 5.58. The molecular weight excluding hydrogens is 478 g/mol. The van der Waals surface area contributed by atoms with Gasteiger partial charge >= 0.3 is 0 Å². The SMILES string of the molecule is CS(=O)(=O)N1CCN(C(=O)c2cccs2)[C@@H](C(=O)N[C@H](Cc2c[nH]c3ccccc23)C(N)=O)C1. The van der Waals surface area contributed by atoms with Crippen LogP contribution in [-0.4, -0.2) is 78.3 Å².